The minimum atomic E-state index is 0. The molecule has 2 aromatic rings. The van der Waals surface area contributed by atoms with Crippen LogP contribution in [0.1, 0.15) is 24.8 Å². The number of fused-ring (bicyclic) bond motifs is 3. The summed E-state index contributed by atoms with van der Waals surface area (Å²) >= 11 is 0. The van der Waals surface area contributed by atoms with E-state index in [1.807, 2.05) is 0 Å². The third-order valence-electron chi connectivity index (χ3n) is 4.86. The second-order valence-electron chi connectivity index (χ2n) is 5.92. The highest BCUT2D eigenvalue weighted by molar-refractivity contribution is 5.86. The van der Waals surface area contributed by atoms with Crippen molar-refractivity contribution < 1.29 is 0 Å². The van der Waals surface area contributed by atoms with Gasteiger partial charge in [-0.15, -0.1) is 12.4 Å². The lowest BCUT2D eigenvalue weighted by atomic mass is 9.93. The third kappa shape index (κ3) is 2.15. The van der Waals surface area contributed by atoms with Crippen molar-refractivity contribution in [3.05, 3.63) is 54.1 Å². The molecule has 104 valence electrons. The van der Waals surface area contributed by atoms with Gasteiger partial charge in [-0.3, -0.25) is 4.90 Å². The van der Waals surface area contributed by atoms with Crippen molar-refractivity contribution in [2.24, 2.45) is 0 Å². The van der Waals surface area contributed by atoms with Crippen LogP contribution in [-0.2, 0) is 0 Å². The molecule has 2 heterocycles. The lowest BCUT2D eigenvalue weighted by Crippen LogP contribution is -2.34. The van der Waals surface area contributed by atoms with Gasteiger partial charge in [0, 0.05) is 12.1 Å². The van der Waals surface area contributed by atoms with Gasteiger partial charge in [0.05, 0.1) is 0 Å². The summed E-state index contributed by atoms with van der Waals surface area (Å²) in [6.45, 7) is 0. The van der Waals surface area contributed by atoms with Crippen LogP contribution in [0.5, 0.6) is 0 Å². The molecule has 2 aliphatic heterocycles. The number of benzene rings is 2. The van der Waals surface area contributed by atoms with Crippen LogP contribution >= 0.6 is 12.4 Å². The van der Waals surface area contributed by atoms with Gasteiger partial charge in [0.1, 0.15) is 0 Å². The third-order valence-corrected chi connectivity index (χ3v) is 4.86. The molecule has 1 saturated heterocycles. The fourth-order valence-corrected chi connectivity index (χ4v) is 3.65. The molecule has 0 saturated carbocycles. The molecular formula is C18H20ClN. The van der Waals surface area contributed by atoms with Crippen molar-refractivity contribution >= 4 is 28.8 Å². The standard InChI is InChI=1S/C18H19N.ClH/c1-19-17-8-9-18(19)12-16(11-17)15-7-6-13-4-2-3-5-14(13)10-15;/h2-7,10-11,17-18H,8-9,12H2,1H3;1H. The summed E-state index contributed by atoms with van der Waals surface area (Å²) in [5.74, 6) is 0. The van der Waals surface area contributed by atoms with Crippen LogP contribution in [0.4, 0.5) is 0 Å². The molecule has 0 aromatic heterocycles. The second-order valence-corrected chi connectivity index (χ2v) is 5.92. The van der Waals surface area contributed by atoms with Gasteiger partial charge in [0.15, 0.2) is 0 Å². The minimum absolute atomic E-state index is 0. The van der Waals surface area contributed by atoms with Crippen molar-refractivity contribution in [2.75, 3.05) is 7.05 Å². The van der Waals surface area contributed by atoms with Gasteiger partial charge in [-0.25, -0.2) is 0 Å². The molecule has 20 heavy (non-hydrogen) atoms. The number of likely N-dealkylation sites (N-methyl/N-ethyl adjacent to an activating group) is 1. The van der Waals surface area contributed by atoms with E-state index in [0.29, 0.717) is 6.04 Å². The number of hydrogen-bond acceptors (Lipinski definition) is 1. The van der Waals surface area contributed by atoms with Gasteiger partial charge in [-0.2, -0.15) is 0 Å². The first kappa shape index (κ1) is 13.7. The van der Waals surface area contributed by atoms with E-state index in [1.54, 1.807) is 5.57 Å². The zero-order valence-electron chi connectivity index (χ0n) is 11.8. The number of halogens is 1. The monoisotopic (exact) mass is 285 g/mol. The number of nitrogens with zero attached hydrogens (tertiary/aromatic N) is 1. The van der Waals surface area contributed by atoms with Gasteiger partial charge in [-0.1, -0.05) is 42.5 Å². The molecule has 2 heteroatoms. The fourth-order valence-electron chi connectivity index (χ4n) is 3.65. The Morgan fingerprint density at radius 3 is 2.60 bits per heavy atom. The molecule has 0 amide bonds. The quantitative estimate of drug-likeness (QED) is 0.745. The fraction of sp³-hybridized carbons (Fsp3) is 0.333. The Kier molecular flexibility index (Phi) is 3.57. The molecular weight excluding hydrogens is 266 g/mol. The molecule has 2 aliphatic rings. The first-order valence-electron chi connectivity index (χ1n) is 7.23. The van der Waals surface area contributed by atoms with E-state index in [1.165, 1.54) is 35.6 Å². The Balaban J connectivity index is 0.00000121. The maximum Gasteiger partial charge on any atom is 0.0284 e. The Labute approximate surface area is 126 Å². The Morgan fingerprint density at radius 1 is 1.00 bits per heavy atom. The molecule has 4 rings (SSSR count). The number of hydrogen-bond donors (Lipinski definition) is 0. The summed E-state index contributed by atoms with van der Waals surface area (Å²) in [6, 6.07) is 17.0. The molecule has 2 unspecified atom stereocenters. The summed E-state index contributed by atoms with van der Waals surface area (Å²) in [4.78, 5) is 2.55. The van der Waals surface area contributed by atoms with E-state index >= 15 is 0 Å². The van der Waals surface area contributed by atoms with Gasteiger partial charge < -0.3 is 0 Å². The summed E-state index contributed by atoms with van der Waals surface area (Å²) in [5.41, 5.74) is 2.97. The van der Waals surface area contributed by atoms with E-state index in [-0.39, 0.29) is 12.4 Å². The average molecular weight is 286 g/mol. The van der Waals surface area contributed by atoms with E-state index in [9.17, 15) is 0 Å². The SMILES string of the molecule is CN1C2C=C(c3ccc4ccccc4c3)CC1CC2.Cl. The van der Waals surface area contributed by atoms with Gasteiger partial charge in [0.25, 0.3) is 0 Å². The Bertz CT molecular complexity index is 661. The van der Waals surface area contributed by atoms with E-state index in [0.717, 1.165) is 6.04 Å². The predicted molar refractivity (Wildman–Crippen MR) is 88.4 cm³/mol. The highest BCUT2D eigenvalue weighted by Gasteiger charge is 2.33. The molecule has 2 bridgehead atoms. The second kappa shape index (κ2) is 5.23. The molecule has 0 spiro atoms. The lowest BCUT2D eigenvalue weighted by molar-refractivity contribution is 0.264. The molecule has 0 aliphatic carbocycles. The van der Waals surface area contributed by atoms with Crippen molar-refractivity contribution in [1.82, 2.24) is 4.90 Å². The first-order valence-corrected chi connectivity index (χ1v) is 7.23. The average Bonchev–Trinajstić information content (AvgIpc) is 2.68. The lowest BCUT2D eigenvalue weighted by Gasteiger charge is -2.30. The van der Waals surface area contributed by atoms with Gasteiger partial charge >= 0.3 is 0 Å². The summed E-state index contributed by atoms with van der Waals surface area (Å²) in [5, 5.41) is 2.69. The highest BCUT2D eigenvalue weighted by Crippen LogP contribution is 2.37. The Hall–Kier alpha value is -1.31. The van der Waals surface area contributed by atoms with Crippen LogP contribution in [-0.4, -0.2) is 24.0 Å². The predicted octanol–water partition coefficient (Wildman–Crippen LogP) is 4.51. The van der Waals surface area contributed by atoms with Gasteiger partial charge in [-0.05, 0) is 54.3 Å². The molecule has 1 fully saturated rings. The van der Waals surface area contributed by atoms with Crippen molar-refractivity contribution in [1.29, 1.82) is 0 Å². The molecule has 1 nitrogen and oxygen atoms in total. The molecule has 0 radical (unpaired) electrons. The zero-order valence-corrected chi connectivity index (χ0v) is 12.6. The Morgan fingerprint density at radius 2 is 1.80 bits per heavy atom. The zero-order chi connectivity index (χ0) is 12.8. The van der Waals surface area contributed by atoms with Crippen LogP contribution in [0.25, 0.3) is 16.3 Å². The van der Waals surface area contributed by atoms with Crippen LogP contribution in [0.3, 0.4) is 0 Å². The minimum Gasteiger partial charge on any atom is -0.297 e. The molecule has 0 N–H and O–H groups in total. The van der Waals surface area contributed by atoms with Crippen molar-refractivity contribution in [3.63, 3.8) is 0 Å². The smallest absolute Gasteiger partial charge is 0.0284 e. The van der Waals surface area contributed by atoms with Crippen molar-refractivity contribution in [3.8, 4) is 0 Å². The van der Waals surface area contributed by atoms with Crippen LogP contribution in [0.2, 0.25) is 0 Å². The van der Waals surface area contributed by atoms with Crippen LogP contribution in [0.15, 0.2) is 48.5 Å². The van der Waals surface area contributed by atoms with E-state index < -0.39 is 0 Å². The highest BCUT2D eigenvalue weighted by atomic mass is 35.5. The molecule has 2 atom stereocenters. The normalized spacial score (nSPS) is 25.4. The topological polar surface area (TPSA) is 3.24 Å². The summed E-state index contributed by atoms with van der Waals surface area (Å²) in [6.07, 6.45) is 6.39. The van der Waals surface area contributed by atoms with Crippen molar-refractivity contribution in [2.45, 2.75) is 31.3 Å². The summed E-state index contributed by atoms with van der Waals surface area (Å²) in [7, 11) is 2.27. The van der Waals surface area contributed by atoms with Crippen LogP contribution in [0, 0.1) is 0 Å². The maximum atomic E-state index is 2.55. The maximum absolute atomic E-state index is 2.55. The van der Waals surface area contributed by atoms with Crippen LogP contribution < -0.4 is 0 Å². The largest absolute Gasteiger partial charge is 0.297 e. The summed E-state index contributed by atoms with van der Waals surface area (Å²) < 4.78 is 0. The number of rotatable bonds is 1. The molecule has 2 aromatic carbocycles. The van der Waals surface area contributed by atoms with Gasteiger partial charge in [0.2, 0.25) is 0 Å². The van der Waals surface area contributed by atoms with E-state index in [4.69, 9.17) is 0 Å². The van der Waals surface area contributed by atoms with E-state index in [2.05, 4.69) is 60.5 Å². The first-order chi connectivity index (χ1) is 9.31.